The molecule has 0 aliphatic heterocycles. The highest BCUT2D eigenvalue weighted by Crippen LogP contribution is 2.26. The number of rotatable bonds is 6. The van der Waals surface area contributed by atoms with Gasteiger partial charge < -0.3 is 16.4 Å². The Morgan fingerprint density at radius 2 is 1.88 bits per heavy atom. The van der Waals surface area contributed by atoms with Crippen LogP contribution in [0.2, 0.25) is 0 Å². The Morgan fingerprint density at radius 3 is 2.60 bits per heavy atom. The van der Waals surface area contributed by atoms with Crippen molar-refractivity contribution in [3.8, 4) is 0 Å². The van der Waals surface area contributed by atoms with Crippen molar-refractivity contribution in [2.45, 2.75) is 38.6 Å². The lowest BCUT2D eigenvalue weighted by molar-refractivity contribution is 0.0954. The van der Waals surface area contributed by atoms with E-state index in [1.165, 1.54) is 23.4 Å². The first-order valence-electron chi connectivity index (χ1n) is 8.50. The van der Waals surface area contributed by atoms with Crippen molar-refractivity contribution in [1.82, 2.24) is 15.6 Å². The van der Waals surface area contributed by atoms with E-state index in [0.29, 0.717) is 18.7 Å². The highest BCUT2D eigenvalue weighted by molar-refractivity contribution is 7.11. The van der Waals surface area contributed by atoms with Gasteiger partial charge in [0.2, 0.25) is 0 Å². The molecular weight excluding hydrogens is 336 g/mol. The smallest absolute Gasteiger partial charge is 0.312 e. The van der Waals surface area contributed by atoms with E-state index in [9.17, 15) is 9.59 Å². The van der Waals surface area contributed by atoms with Crippen molar-refractivity contribution in [1.29, 1.82) is 0 Å². The summed E-state index contributed by atoms with van der Waals surface area (Å²) in [5, 5.41) is 6.56. The molecule has 3 amide bonds. The fourth-order valence-corrected chi connectivity index (χ4v) is 4.02. The number of aryl methyl sites for hydroxylation is 2. The van der Waals surface area contributed by atoms with E-state index in [2.05, 4.69) is 15.6 Å². The number of aromatic nitrogens is 1. The van der Waals surface area contributed by atoms with Crippen LogP contribution in [0.15, 0.2) is 24.3 Å². The Hall–Kier alpha value is -2.41. The van der Waals surface area contributed by atoms with Gasteiger partial charge in [0, 0.05) is 30.0 Å². The molecule has 7 heteroatoms. The summed E-state index contributed by atoms with van der Waals surface area (Å²) in [7, 11) is 0. The maximum absolute atomic E-state index is 12.2. The number of hydrogen-bond acceptors (Lipinski definition) is 4. The van der Waals surface area contributed by atoms with Gasteiger partial charge in [-0.1, -0.05) is 12.1 Å². The summed E-state index contributed by atoms with van der Waals surface area (Å²) in [5.41, 5.74) is 7.79. The Kier molecular flexibility index (Phi) is 5.65. The molecule has 0 radical (unpaired) electrons. The van der Waals surface area contributed by atoms with Crippen LogP contribution in [-0.4, -0.2) is 23.5 Å². The molecule has 0 atom stereocenters. The maximum Gasteiger partial charge on any atom is 0.312 e. The molecule has 0 fully saturated rings. The first-order chi connectivity index (χ1) is 12.1. The van der Waals surface area contributed by atoms with Crippen LogP contribution in [0.5, 0.6) is 0 Å². The second-order valence-electron chi connectivity index (χ2n) is 6.11. The molecule has 1 aliphatic rings. The first kappa shape index (κ1) is 17.4. The van der Waals surface area contributed by atoms with E-state index in [4.69, 9.17) is 5.73 Å². The SMILES string of the molecule is NC(=O)NCc1ccc(C(=O)NCCc2nc3c(s2)CCCC3)cc1. The van der Waals surface area contributed by atoms with Gasteiger partial charge in [-0.25, -0.2) is 9.78 Å². The summed E-state index contributed by atoms with van der Waals surface area (Å²) in [6.45, 7) is 0.933. The number of hydrogen-bond donors (Lipinski definition) is 3. The van der Waals surface area contributed by atoms with E-state index >= 15 is 0 Å². The van der Waals surface area contributed by atoms with Gasteiger partial charge in [-0.15, -0.1) is 11.3 Å². The molecule has 3 rings (SSSR count). The van der Waals surface area contributed by atoms with Gasteiger partial charge >= 0.3 is 6.03 Å². The standard InChI is InChI=1S/C18H22N4O2S/c19-18(24)21-11-12-5-7-13(8-6-12)17(23)20-10-9-16-22-14-3-1-2-4-15(14)25-16/h5-8H,1-4,9-11H2,(H,20,23)(H3,19,21,24). The molecule has 4 N–H and O–H groups in total. The van der Waals surface area contributed by atoms with E-state index in [0.717, 1.165) is 29.8 Å². The van der Waals surface area contributed by atoms with Crippen LogP contribution in [0.4, 0.5) is 4.79 Å². The molecule has 0 unspecified atom stereocenters. The largest absolute Gasteiger partial charge is 0.352 e. The Bertz CT molecular complexity index is 731. The highest BCUT2D eigenvalue weighted by Gasteiger charge is 2.15. The molecule has 0 saturated heterocycles. The zero-order chi connectivity index (χ0) is 17.6. The van der Waals surface area contributed by atoms with Crippen LogP contribution in [0, 0.1) is 0 Å². The normalized spacial score (nSPS) is 13.1. The van der Waals surface area contributed by atoms with Crippen molar-refractivity contribution in [3.63, 3.8) is 0 Å². The maximum atomic E-state index is 12.2. The number of nitrogens with one attached hydrogen (secondary N) is 2. The predicted octanol–water partition coefficient (Wildman–Crippen LogP) is 2.16. The van der Waals surface area contributed by atoms with Crippen LogP contribution in [0.25, 0.3) is 0 Å². The average molecular weight is 358 g/mol. The Labute approximate surface area is 150 Å². The molecule has 1 aromatic heterocycles. The minimum absolute atomic E-state index is 0.101. The minimum Gasteiger partial charge on any atom is -0.352 e. The molecule has 0 spiro atoms. The Balaban J connectivity index is 1.47. The Morgan fingerprint density at radius 1 is 1.12 bits per heavy atom. The van der Waals surface area contributed by atoms with Gasteiger partial charge in [-0.2, -0.15) is 0 Å². The summed E-state index contributed by atoms with van der Waals surface area (Å²) < 4.78 is 0. The van der Waals surface area contributed by atoms with Crippen LogP contribution in [-0.2, 0) is 25.8 Å². The lowest BCUT2D eigenvalue weighted by atomic mass is 10.0. The molecule has 1 aliphatic carbocycles. The number of primary amides is 1. The van der Waals surface area contributed by atoms with Crippen molar-refractivity contribution in [3.05, 3.63) is 51.0 Å². The average Bonchev–Trinajstić information content (AvgIpc) is 3.03. The van der Waals surface area contributed by atoms with Crippen molar-refractivity contribution in [2.75, 3.05) is 6.54 Å². The molecule has 0 bridgehead atoms. The van der Waals surface area contributed by atoms with Crippen LogP contribution in [0.3, 0.4) is 0 Å². The molecule has 1 heterocycles. The number of thiazole rings is 1. The van der Waals surface area contributed by atoms with Gasteiger partial charge in [0.1, 0.15) is 0 Å². The topological polar surface area (TPSA) is 97.1 Å². The lowest BCUT2D eigenvalue weighted by Crippen LogP contribution is -2.28. The monoisotopic (exact) mass is 358 g/mol. The third-order valence-electron chi connectivity index (χ3n) is 4.20. The summed E-state index contributed by atoms with van der Waals surface area (Å²) >= 11 is 1.79. The highest BCUT2D eigenvalue weighted by atomic mass is 32.1. The quantitative estimate of drug-likeness (QED) is 0.738. The molecule has 25 heavy (non-hydrogen) atoms. The van der Waals surface area contributed by atoms with Gasteiger partial charge in [0.05, 0.1) is 10.7 Å². The van der Waals surface area contributed by atoms with Crippen molar-refractivity contribution >= 4 is 23.3 Å². The lowest BCUT2D eigenvalue weighted by Gasteiger charge is -2.06. The molecule has 6 nitrogen and oxygen atoms in total. The third kappa shape index (κ3) is 4.79. The van der Waals surface area contributed by atoms with Crippen molar-refractivity contribution < 1.29 is 9.59 Å². The van der Waals surface area contributed by atoms with Gasteiger partial charge in [0.15, 0.2) is 0 Å². The number of fused-ring (bicyclic) bond motifs is 1. The molecule has 1 aromatic carbocycles. The summed E-state index contributed by atoms with van der Waals surface area (Å²) in [5.74, 6) is -0.101. The van der Waals surface area contributed by atoms with E-state index in [1.54, 1.807) is 35.6 Å². The summed E-state index contributed by atoms with van der Waals surface area (Å²) in [6.07, 6.45) is 5.50. The van der Waals surface area contributed by atoms with Gasteiger partial charge in [-0.3, -0.25) is 4.79 Å². The number of urea groups is 1. The number of benzene rings is 1. The molecule has 132 valence electrons. The predicted molar refractivity (Wildman–Crippen MR) is 97.7 cm³/mol. The van der Waals surface area contributed by atoms with E-state index in [1.807, 2.05) is 0 Å². The molecular formula is C18H22N4O2S. The summed E-state index contributed by atoms with van der Waals surface area (Å²) in [6, 6.07) is 6.54. The minimum atomic E-state index is -0.564. The van der Waals surface area contributed by atoms with Gasteiger partial charge in [0.25, 0.3) is 5.91 Å². The van der Waals surface area contributed by atoms with Gasteiger partial charge in [-0.05, 0) is 43.4 Å². The number of amides is 3. The number of carbonyl (C=O) groups is 2. The summed E-state index contributed by atoms with van der Waals surface area (Å²) in [4.78, 5) is 29.0. The molecule has 2 aromatic rings. The zero-order valence-electron chi connectivity index (χ0n) is 14.0. The number of nitrogens with two attached hydrogens (primary N) is 1. The number of nitrogens with zero attached hydrogens (tertiary/aromatic N) is 1. The number of carbonyl (C=O) groups excluding carboxylic acids is 2. The van der Waals surface area contributed by atoms with E-state index < -0.39 is 6.03 Å². The fourth-order valence-electron chi connectivity index (χ4n) is 2.86. The fraction of sp³-hybridized carbons (Fsp3) is 0.389. The third-order valence-corrected chi connectivity index (χ3v) is 5.41. The van der Waals surface area contributed by atoms with E-state index in [-0.39, 0.29) is 5.91 Å². The van der Waals surface area contributed by atoms with Crippen LogP contribution < -0.4 is 16.4 Å². The van der Waals surface area contributed by atoms with Crippen LogP contribution in [0.1, 0.15) is 44.3 Å². The zero-order valence-corrected chi connectivity index (χ0v) is 14.8. The van der Waals surface area contributed by atoms with Crippen molar-refractivity contribution in [2.24, 2.45) is 5.73 Å². The second-order valence-corrected chi connectivity index (χ2v) is 7.27. The van der Waals surface area contributed by atoms with Crippen LogP contribution >= 0.6 is 11.3 Å². The molecule has 0 saturated carbocycles. The first-order valence-corrected chi connectivity index (χ1v) is 9.31. The second kappa shape index (κ2) is 8.11.